The molecule has 17 heavy (non-hydrogen) atoms. The second-order valence-corrected chi connectivity index (χ2v) is 3.53. The molecule has 2 rings (SSSR count). The predicted molar refractivity (Wildman–Crippen MR) is 60.2 cm³/mol. The molecule has 0 aliphatic rings. The van der Waals surface area contributed by atoms with E-state index >= 15 is 0 Å². The van der Waals surface area contributed by atoms with Crippen LogP contribution in [0.3, 0.4) is 0 Å². The lowest BCUT2D eigenvalue weighted by Gasteiger charge is -2.06. The maximum absolute atomic E-state index is 13.4. The molecule has 0 saturated heterocycles. The van der Waals surface area contributed by atoms with Crippen molar-refractivity contribution in [1.82, 2.24) is 4.98 Å². The molecule has 4 heteroatoms. The van der Waals surface area contributed by atoms with Crippen LogP contribution in [0.1, 0.15) is 11.1 Å². The van der Waals surface area contributed by atoms with E-state index in [4.69, 9.17) is 10.00 Å². The third-order valence-electron chi connectivity index (χ3n) is 2.17. The maximum atomic E-state index is 13.4. The topological polar surface area (TPSA) is 45.9 Å². The highest BCUT2D eigenvalue weighted by Crippen LogP contribution is 2.24. The highest BCUT2D eigenvalue weighted by molar-refractivity contribution is 5.36. The van der Waals surface area contributed by atoms with Crippen LogP contribution in [0, 0.1) is 24.1 Å². The average molecular weight is 228 g/mol. The smallest absolute Gasteiger partial charge is 0.220 e. The van der Waals surface area contributed by atoms with Crippen molar-refractivity contribution in [1.29, 1.82) is 5.26 Å². The largest absolute Gasteiger partial charge is 0.436 e. The predicted octanol–water partition coefficient (Wildman–Crippen LogP) is 3.19. The number of halogens is 1. The van der Waals surface area contributed by atoms with Gasteiger partial charge in [0.2, 0.25) is 5.88 Å². The molecule has 0 aliphatic heterocycles. The Kier molecular flexibility index (Phi) is 3.01. The number of pyridine rings is 1. The van der Waals surface area contributed by atoms with Crippen molar-refractivity contribution in [3.63, 3.8) is 0 Å². The van der Waals surface area contributed by atoms with E-state index in [1.807, 2.05) is 13.0 Å². The van der Waals surface area contributed by atoms with Crippen molar-refractivity contribution < 1.29 is 9.13 Å². The molecule has 0 unspecified atom stereocenters. The molecule has 0 spiro atoms. The number of hydrogen-bond donors (Lipinski definition) is 0. The van der Waals surface area contributed by atoms with Crippen molar-refractivity contribution in [2.45, 2.75) is 6.92 Å². The molecule has 84 valence electrons. The molecule has 0 radical (unpaired) electrons. The van der Waals surface area contributed by atoms with Gasteiger partial charge in [0.25, 0.3) is 0 Å². The Morgan fingerprint density at radius 2 is 2.12 bits per heavy atom. The number of nitrogens with zero attached hydrogens (tertiary/aromatic N) is 2. The molecule has 1 aromatic heterocycles. The van der Waals surface area contributed by atoms with Crippen LogP contribution in [0.5, 0.6) is 11.6 Å². The van der Waals surface area contributed by atoms with Crippen molar-refractivity contribution >= 4 is 0 Å². The lowest BCUT2D eigenvalue weighted by Crippen LogP contribution is -1.92. The normalized spacial score (nSPS) is 9.71. The summed E-state index contributed by atoms with van der Waals surface area (Å²) in [6, 6.07) is 9.55. The number of nitriles is 1. The molecule has 0 atom stereocenters. The third kappa shape index (κ3) is 2.58. The molecule has 0 N–H and O–H groups in total. The summed E-state index contributed by atoms with van der Waals surface area (Å²) in [4.78, 5) is 3.91. The van der Waals surface area contributed by atoms with Crippen molar-refractivity contribution in [3.05, 3.63) is 53.5 Å². The van der Waals surface area contributed by atoms with Gasteiger partial charge >= 0.3 is 0 Å². The zero-order valence-corrected chi connectivity index (χ0v) is 9.14. The van der Waals surface area contributed by atoms with Gasteiger partial charge in [0.1, 0.15) is 0 Å². The van der Waals surface area contributed by atoms with Crippen LogP contribution in [-0.4, -0.2) is 4.98 Å². The van der Waals surface area contributed by atoms with Gasteiger partial charge in [-0.15, -0.1) is 0 Å². The monoisotopic (exact) mass is 228 g/mol. The molecule has 1 heterocycles. The Hall–Kier alpha value is -2.41. The van der Waals surface area contributed by atoms with E-state index in [9.17, 15) is 4.39 Å². The van der Waals surface area contributed by atoms with E-state index in [1.165, 1.54) is 18.3 Å². The first-order valence-corrected chi connectivity index (χ1v) is 4.99. The number of hydrogen-bond acceptors (Lipinski definition) is 3. The van der Waals surface area contributed by atoms with Gasteiger partial charge in [0.15, 0.2) is 11.6 Å². The number of ether oxygens (including phenoxy) is 1. The summed E-state index contributed by atoms with van der Waals surface area (Å²) in [5.74, 6) is -0.152. The molecule has 0 saturated carbocycles. The first-order valence-electron chi connectivity index (χ1n) is 4.99. The van der Waals surface area contributed by atoms with E-state index in [0.717, 1.165) is 5.56 Å². The Labute approximate surface area is 98.1 Å². The summed E-state index contributed by atoms with van der Waals surface area (Å²) < 4.78 is 18.7. The SMILES string of the molecule is Cc1ccc(F)c(Oc2cc(C#N)ccn2)c1. The minimum atomic E-state index is -0.459. The summed E-state index contributed by atoms with van der Waals surface area (Å²) in [6.45, 7) is 1.84. The fourth-order valence-electron chi connectivity index (χ4n) is 1.34. The molecule has 0 bridgehead atoms. The van der Waals surface area contributed by atoms with Crippen LogP contribution in [-0.2, 0) is 0 Å². The fraction of sp³-hybridized carbons (Fsp3) is 0.0769. The van der Waals surface area contributed by atoms with E-state index in [1.54, 1.807) is 18.2 Å². The number of aryl methyl sites for hydroxylation is 1. The second-order valence-electron chi connectivity index (χ2n) is 3.53. The van der Waals surface area contributed by atoms with Gasteiger partial charge in [-0.1, -0.05) is 6.07 Å². The van der Waals surface area contributed by atoms with Crippen molar-refractivity contribution in [3.8, 4) is 17.7 Å². The quantitative estimate of drug-likeness (QED) is 0.792. The molecule has 0 amide bonds. The molecule has 2 aromatic rings. The summed E-state index contributed by atoms with van der Waals surface area (Å²) in [5, 5.41) is 8.72. The first-order chi connectivity index (χ1) is 8.19. The minimum absolute atomic E-state index is 0.104. The molecule has 3 nitrogen and oxygen atoms in total. The van der Waals surface area contributed by atoms with E-state index in [-0.39, 0.29) is 11.6 Å². The van der Waals surface area contributed by atoms with Gasteiger partial charge in [0, 0.05) is 12.3 Å². The summed E-state index contributed by atoms with van der Waals surface area (Å²) in [7, 11) is 0. The van der Waals surface area contributed by atoms with E-state index < -0.39 is 5.82 Å². The maximum Gasteiger partial charge on any atom is 0.220 e. The van der Waals surface area contributed by atoms with Crippen LogP contribution in [0.25, 0.3) is 0 Å². The number of benzene rings is 1. The molecule has 0 fully saturated rings. The Morgan fingerprint density at radius 3 is 2.88 bits per heavy atom. The lowest BCUT2D eigenvalue weighted by molar-refractivity contribution is 0.427. The summed E-state index contributed by atoms with van der Waals surface area (Å²) >= 11 is 0. The lowest BCUT2D eigenvalue weighted by atomic mass is 10.2. The highest BCUT2D eigenvalue weighted by atomic mass is 19.1. The molecular formula is C13H9FN2O. The van der Waals surface area contributed by atoms with Gasteiger partial charge in [0.05, 0.1) is 11.6 Å². The fourth-order valence-corrected chi connectivity index (χ4v) is 1.34. The van der Waals surface area contributed by atoms with E-state index in [0.29, 0.717) is 5.56 Å². The van der Waals surface area contributed by atoms with Crippen molar-refractivity contribution in [2.75, 3.05) is 0 Å². The zero-order chi connectivity index (χ0) is 12.3. The number of rotatable bonds is 2. The van der Waals surface area contributed by atoms with Crippen LogP contribution in [0.15, 0.2) is 36.5 Å². The molecule has 0 aliphatic carbocycles. The molecule has 1 aromatic carbocycles. The van der Waals surface area contributed by atoms with Gasteiger partial charge in [-0.2, -0.15) is 5.26 Å². The summed E-state index contributed by atoms with van der Waals surface area (Å²) in [5.41, 5.74) is 1.31. The Bertz CT molecular complexity index is 590. The Morgan fingerprint density at radius 1 is 1.29 bits per heavy atom. The van der Waals surface area contributed by atoms with Crippen LogP contribution in [0.4, 0.5) is 4.39 Å². The van der Waals surface area contributed by atoms with Gasteiger partial charge in [-0.3, -0.25) is 0 Å². The highest BCUT2D eigenvalue weighted by Gasteiger charge is 2.06. The molecular weight excluding hydrogens is 219 g/mol. The summed E-state index contributed by atoms with van der Waals surface area (Å²) in [6.07, 6.45) is 1.45. The van der Waals surface area contributed by atoms with E-state index in [2.05, 4.69) is 4.98 Å². The van der Waals surface area contributed by atoms with Gasteiger partial charge in [-0.25, -0.2) is 9.37 Å². The van der Waals surface area contributed by atoms with Crippen molar-refractivity contribution in [2.24, 2.45) is 0 Å². The standard InChI is InChI=1S/C13H9FN2O/c1-9-2-3-11(14)12(6-9)17-13-7-10(8-15)4-5-16-13/h2-7H,1H3. The van der Waals surface area contributed by atoms with Gasteiger partial charge in [-0.05, 0) is 30.7 Å². The average Bonchev–Trinajstić information content (AvgIpc) is 2.34. The number of aromatic nitrogens is 1. The van der Waals surface area contributed by atoms with Crippen LogP contribution >= 0.6 is 0 Å². The Balaban J connectivity index is 2.31. The van der Waals surface area contributed by atoms with Crippen LogP contribution in [0.2, 0.25) is 0 Å². The minimum Gasteiger partial charge on any atom is -0.436 e. The van der Waals surface area contributed by atoms with Crippen LogP contribution < -0.4 is 4.74 Å². The first kappa shape index (κ1) is 11.1. The third-order valence-corrected chi connectivity index (χ3v) is 2.17. The zero-order valence-electron chi connectivity index (χ0n) is 9.14. The van der Waals surface area contributed by atoms with Gasteiger partial charge < -0.3 is 4.74 Å². The second kappa shape index (κ2) is 4.62.